The van der Waals surface area contributed by atoms with Gasteiger partial charge in [-0.15, -0.1) is 0 Å². The molecule has 1 amide bonds. The minimum Gasteiger partial charge on any atom is -0.454 e. The van der Waals surface area contributed by atoms with Crippen LogP contribution < -0.4 is 9.47 Å². The van der Waals surface area contributed by atoms with Crippen LogP contribution in [0.1, 0.15) is 23.0 Å². The Hall–Kier alpha value is -2.50. The average molecular weight is 287 g/mol. The minimum absolute atomic E-state index is 0.0582. The molecule has 0 aliphatic carbocycles. The van der Waals surface area contributed by atoms with Crippen LogP contribution in [0.3, 0.4) is 0 Å². The van der Waals surface area contributed by atoms with E-state index in [9.17, 15) is 4.79 Å². The lowest BCUT2D eigenvalue weighted by Crippen LogP contribution is -2.27. The smallest absolute Gasteiger partial charge is 0.254 e. The Bertz CT molecular complexity index is 666. The molecule has 0 unspecified atom stereocenters. The quantitative estimate of drug-likeness (QED) is 0.862. The number of nitrogens with zero attached hydrogens (tertiary/aromatic N) is 3. The van der Waals surface area contributed by atoms with Crippen molar-refractivity contribution in [3.05, 3.63) is 41.7 Å². The fourth-order valence-electron chi connectivity index (χ4n) is 2.34. The average Bonchev–Trinajstić information content (AvgIpc) is 3.13. The third-order valence-electron chi connectivity index (χ3n) is 3.47. The number of rotatable bonds is 4. The van der Waals surface area contributed by atoms with Gasteiger partial charge in [0.15, 0.2) is 11.5 Å². The highest BCUT2D eigenvalue weighted by Crippen LogP contribution is 2.32. The highest BCUT2D eigenvalue weighted by Gasteiger charge is 2.19. The Morgan fingerprint density at radius 1 is 1.33 bits per heavy atom. The van der Waals surface area contributed by atoms with E-state index >= 15 is 0 Å². The van der Waals surface area contributed by atoms with Crippen LogP contribution >= 0.6 is 0 Å². The van der Waals surface area contributed by atoms with Crippen molar-refractivity contribution < 1.29 is 14.3 Å². The number of aromatic nitrogens is 2. The molecule has 2 aromatic rings. The van der Waals surface area contributed by atoms with Crippen LogP contribution in [0.5, 0.6) is 11.5 Å². The molecule has 6 nitrogen and oxygen atoms in total. The lowest BCUT2D eigenvalue weighted by Gasteiger charge is -2.18. The molecule has 2 heterocycles. The molecule has 6 heteroatoms. The van der Waals surface area contributed by atoms with Crippen LogP contribution in [-0.4, -0.2) is 34.4 Å². The first-order valence-electron chi connectivity index (χ1n) is 6.85. The van der Waals surface area contributed by atoms with E-state index in [4.69, 9.17) is 9.47 Å². The fraction of sp³-hybridized carbons (Fsp3) is 0.333. The van der Waals surface area contributed by atoms with Crippen LogP contribution in [0.4, 0.5) is 0 Å². The third kappa shape index (κ3) is 2.56. The summed E-state index contributed by atoms with van der Waals surface area (Å²) in [5, 5.41) is 4.21. The summed E-state index contributed by atoms with van der Waals surface area (Å²) in [5.74, 6) is 1.24. The molecular formula is C15H17N3O3. The molecule has 0 fully saturated rings. The zero-order valence-electron chi connectivity index (χ0n) is 12.1. The summed E-state index contributed by atoms with van der Waals surface area (Å²) < 4.78 is 12.4. The first-order valence-corrected chi connectivity index (χ1v) is 6.85. The molecule has 0 spiro atoms. The Labute approximate surface area is 122 Å². The van der Waals surface area contributed by atoms with Gasteiger partial charge in [0.25, 0.3) is 5.91 Å². The van der Waals surface area contributed by atoms with Crippen molar-refractivity contribution in [2.45, 2.75) is 20.0 Å². The molecular weight excluding hydrogens is 270 g/mol. The topological polar surface area (TPSA) is 56.6 Å². The predicted molar refractivity (Wildman–Crippen MR) is 76.3 cm³/mol. The van der Waals surface area contributed by atoms with Gasteiger partial charge in [0.2, 0.25) is 6.79 Å². The van der Waals surface area contributed by atoms with Gasteiger partial charge in [-0.1, -0.05) is 0 Å². The van der Waals surface area contributed by atoms with Gasteiger partial charge in [-0.2, -0.15) is 5.10 Å². The molecule has 1 aliphatic heterocycles. The van der Waals surface area contributed by atoms with E-state index in [1.165, 1.54) is 0 Å². The van der Waals surface area contributed by atoms with Crippen LogP contribution in [0.15, 0.2) is 30.5 Å². The van der Waals surface area contributed by atoms with E-state index in [0.29, 0.717) is 23.6 Å². The molecule has 3 rings (SSSR count). The summed E-state index contributed by atoms with van der Waals surface area (Å²) in [7, 11) is 1.78. The number of fused-ring (bicyclic) bond motifs is 1. The van der Waals surface area contributed by atoms with Crippen molar-refractivity contribution in [2.75, 3.05) is 13.8 Å². The van der Waals surface area contributed by atoms with E-state index in [-0.39, 0.29) is 12.7 Å². The highest BCUT2D eigenvalue weighted by molar-refractivity contribution is 5.94. The van der Waals surface area contributed by atoms with E-state index < -0.39 is 0 Å². The zero-order chi connectivity index (χ0) is 14.8. The monoisotopic (exact) mass is 287 g/mol. The number of aryl methyl sites for hydroxylation is 1. The largest absolute Gasteiger partial charge is 0.454 e. The Balaban J connectivity index is 1.75. The maximum absolute atomic E-state index is 12.5. The number of carbonyl (C=O) groups excluding carboxylic acids is 1. The van der Waals surface area contributed by atoms with Crippen molar-refractivity contribution in [1.29, 1.82) is 0 Å². The van der Waals surface area contributed by atoms with Gasteiger partial charge in [-0.3, -0.25) is 9.48 Å². The minimum atomic E-state index is -0.0582. The van der Waals surface area contributed by atoms with Crippen molar-refractivity contribution in [2.24, 2.45) is 0 Å². The molecule has 0 saturated carbocycles. The summed E-state index contributed by atoms with van der Waals surface area (Å²) >= 11 is 0. The SMILES string of the molecule is CCn1nccc1CN(C)C(=O)c1ccc2c(c1)OCO2. The number of ether oxygens (including phenoxy) is 2. The van der Waals surface area contributed by atoms with Gasteiger partial charge in [-0.25, -0.2) is 0 Å². The van der Waals surface area contributed by atoms with Crippen molar-refractivity contribution in [1.82, 2.24) is 14.7 Å². The number of carbonyl (C=O) groups is 1. The van der Waals surface area contributed by atoms with E-state index in [1.54, 1.807) is 36.3 Å². The molecule has 1 aliphatic rings. The van der Waals surface area contributed by atoms with E-state index in [0.717, 1.165) is 12.2 Å². The van der Waals surface area contributed by atoms with Gasteiger partial charge in [-0.05, 0) is 31.2 Å². The van der Waals surface area contributed by atoms with Crippen molar-refractivity contribution >= 4 is 5.91 Å². The first-order chi connectivity index (χ1) is 10.2. The number of hydrogen-bond acceptors (Lipinski definition) is 4. The molecule has 1 aromatic heterocycles. The normalized spacial score (nSPS) is 12.5. The number of amides is 1. The summed E-state index contributed by atoms with van der Waals surface area (Å²) in [6.45, 7) is 3.53. The first kappa shape index (κ1) is 13.5. The van der Waals surface area contributed by atoms with E-state index in [1.807, 2.05) is 17.7 Å². The Morgan fingerprint density at radius 3 is 2.95 bits per heavy atom. The standard InChI is InChI=1S/C15H17N3O3/c1-3-18-12(6-7-16-18)9-17(2)15(19)11-4-5-13-14(8-11)21-10-20-13/h4-8H,3,9-10H2,1-2H3. The molecule has 0 saturated heterocycles. The van der Waals surface area contributed by atoms with E-state index in [2.05, 4.69) is 5.10 Å². The molecule has 1 aromatic carbocycles. The number of hydrogen-bond donors (Lipinski definition) is 0. The van der Waals surface area contributed by atoms with Gasteiger partial charge in [0, 0.05) is 25.4 Å². The van der Waals surface area contributed by atoms with Crippen molar-refractivity contribution in [3.63, 3.8) is 0 Å². The summed E-state index contributed by atoms with van der Waals surface area (Å²) in [4.78, 5) is 14.1. The van der Waals surface area contributed by atoms with Crippen molar-refractivity contribution in [3.8, 4) is 11.5 Å². The van der Waals surface area contributed by atoms with Gasteiger partial charge >= 0.3 is 0 Å². The lowest BCUT2D eigenvalue weighted by molar-refractivity contribution is 0.0781. The van der Waals surface area contributed by atoms with Gasteiger partial charge < -0.3 is 14.4 Å². The molecule has 0 bridgehead atoms. The second-order valence-electron chi connectivity index (χ2n) is 4.87. The van der Waals surface area contributed by atoms with Crippen LogP contribution in [0.25, 0.3) is 0 Å². The molecule has 110 valence electrons. The summed E-state index contributed by atoms with van der Waals surface area (Å²) in [6.07, 6.45) is 1.75. The summed E-state index contributed by atoms with van der Waals surface area (Å²) in [5.41, 5.74) is 1.60. The van der Waals surface area contributed by atoms with Gasteiger partial charge in [0.1, 0.15) is 0 Å². The molecule has 21 heavy (non-hydrogen) atoms. The predicted octanol–water partition coefficient (Wildman–Crippen LogP) is 1.90. The van der Waals surface area contributed by atoms with Crippen LogP contribution in [0, 0.1) is 0 Å². The Morgan fingerprint density at radius 2 is 2.14 bits per heavy atom. The van der Waals surface area contributed by atoms with Crippen LogP contribution in [-0.2, 0) is 13.1 Å². The fourth-order valence-corrected chi connectivity index (χ4v) is 2.34. The maximum atomic E-state index is 12.5. The summed E-state index contributed by atoms with van der Waals surface area (Å²) in [6, 6.07) is 7.16. The molecule has 0 radical (unpaired) electrons. The van der Waals surface area contributed by atoms with Crippen LogP contribution in [0.2, 0.25) is 0 Å². The second kappa shape index (κ2) is 5.47. The Kier molecular flexibility index (Phi) is 3.51. The second-order valence-corrected chi connectivity index (χ2v) is 4.87. The zero-order valence-corrected chi connectivity index (χ0v) is 12.1. The number of benzene rings is 1. The highest BCUT2D eigenvalue weighted by atomic mass is 16.7. The molecule has 0 N–H and O–H groups in total. The molecule has 0 atom stereocenters. The third-order valence-corrected chi connectivity index (χ3v) is 3.47. The van der Waals surface area contributed by atoms with Gasteiger partial charge in [0.05, 0.1) is 12.2 Å². The lowest BCUT2D eigenvalue weighted by atomic mass is 10.1. The maximum Gasteiger partial charge on any atom is 0.254 e.